The molecule has 2 amide bonds. The lowest BCUT2D eigenvalue weighted by Crippen LogP contribution is -2.24. The third kappa shape index (κ3) is 5.40. The molecule has 0 fully saturated rings. The molecule has 3 heterocycles. The van der Waals surface area contributed by atoms with E-state index in [9.17, 15) is 14.0 Å². The first-order chi connectivity index (χ1) is 18.5. The maximum atomic E-state index is 14.7. The van der Waals surface area contributed by atoms with Crippen molar-refractivity contribution in [2.24, 2.45) is 0 Å². The van der Waals surface area contributed by atoms with Gasteiger partial charge in [-0.25, -0.2) is 19.0 Å². The summed E-state index contributed by atoms with van der Waals surface area (Å²) < 4.78 is 16.1. The van der Waals surface area contributed by atoms with E-state index >= 15 is 0 Å². The fraction of sp³-hybridized carbons (Fsp3) is 0.0370. The fourth-order valence-corrected chi connectivity index (χ4v) is 3.88. The van der Waals surface area contributed by atoms with Crippen LogP contribution in [0.3, 0.4) is 0 Å². The van der Waals surface area contributed by atoms with Gasteiger partial charge in [-0.05, 0) is 42.5 Å². The van der Waals surface area contributed by atoms with Crippen molar-refractivity contribution < 1.29 is 14.0 Å². The van der Waals surface area contributed by atoms with Gasteiger partial charge in [0.15, 0.2) is 5.69 Å². The number of amides is 2. The standard InChI is InChI=1S/C27H19ClFN7O2/c28-20-14-21(29)19(22-9-4-5-10-30-22)13-18(20)26(37)34-25-15-23(35-36(25)17-7-2-1-3-8-17)27(38)33-16-24-31-11-6-12-32-24/h1-15H,16H2,(H,33,38)(H,34,37). The molecule has 188 valence electrons. The number of rotatable bonds is 7. The average Bonchev–Trinajstić information content (AvgIpc) is 3.37. The van der Waals surface area contributed by atoms with Gasteiger partial charge in [0.05, 0.1) is 28.5 Å². The number of hydrogen-bond donors (Lipinski definition) is 2. The van der Waals surface area contributed by atoms with Crippen molar-refractivity contribution in [1.29, 1.82) is 0 Å². The summed E-state index contributed by atoms with van der Waals surface area (Å²) in [6.07, 6.45) is 4.68. The molecular weight excluding hydrogens is 509 g/mol. The molecule has 9 nitrogen and oxygen atoms in total. The quantitative estimate of drug-likeness (QED) is 0.317. The number of carbonyl (C=O) groups excluding carboxylic acids is 2. The van der Waals surface area contributed by atoms with Crippen molar-refractivity contribution in [3.05, 3.63) is 119 Å². The van der Waals surface area contributed by atoms with Crippen molar-refractivity contribution in [1.82, 2.24) is 30.0 Å². The molecule has 0 aliphatic heterocycles. The molecule has 0 bridgehead atoms. The Kier molecular flexibility index (Phi) is 7.14. The number of anilines is 1. The van der Waals surface area contributed by atoms with E-state index in [1.807, 2.05) is 6.07 Å². The van der Waals surface area contributed by atoms with Crippen LogP contribution in [0.4, 0.5) is 10.2 Å². The first-order valence-corrected chi connectivity index (χ1v) is 11.8. The van der Waals surface area contributed by atoms with E-state index in [4.69, 9.17) is 11.6 Å². The van der Waals surface area contributed by atoms with Crippen molar-refractivity contribution in [2.75, 3.05) is 5.32 Å². The predicted octanol–water partition coefficient (Wildman–Crippen LogP) is 4.70. The van der Waals surface area contributed by atoms with Crippen LogP contribution in [0.25, 0.3) is 16.9 Å². The number of pyridine rings is 1. The van der Waals surface area contributed by atoms with E-state index < -0.39 is 17.6 Å². The van der Waals surface area contributed by atoms with Crippen LogP contribution in [-0.4, -0.2) is 36.5 Å². The number of nitrogens with one attached hydrogen (secondary N) is 2. The average molecular weight is 528 g/mol. The maximum Gasteiger partial charge on any atom is 0.272 e. The van der Waals surface area contributed by atoms with Crippen molar-refractivity contribution >= 4 is 29.2 Å². The van der Waals surface area contributed by atoms with Gasteiger partial charge in [-0.15, -0.1) is 0 Å². The third-order valence-corrected chi connectivity index (χ3v) is 5.77. The Morgan fingerprint density at radius 3 is 2.34 bits per heavy atom. The summed E-state index contributed by atoms with van der Waals surface area (Å²) in [7, 11) is 0. The highest BCUT2D eigenvalue weighted by Crippen LogP contribution is 2.28. The minimum absolute atomic E-state index is 0.0294. The van der Waals surface area contributed by atoms with Crippen LogP contribution in [0, 0.1) is 5.82 Å². The van der Waals surface area contributed by atoms with Crippen LogP contribution in [0.1, 0.15) is 26.7 Å². The van der Waals surface area contributed by atoms with E-state index in [1.165, 1.54) is 23.0 Å². The molecule has 5 rings (SSSR count). The zero-order chi connectivity index (χ0) is 26.5. The molecule has 0 saturated heterocycles. The molecule has 38 heavy (non-hydrogen) atoms. The molecule has 2 N–H and O–H groups in total. The van der Waals surface area contributed by atoms with Gasteiger partial charge >= 0.3 is 0 Å². The number of halogens is 2. The molecular formula is C27H19ClFN7O2. The lowest BCUT2D eigenvalue weighted by Gasteiger charge is -2.11. The number of aromatic nitrogens is 5. The molecule has 5 aromatic rings. The van der Waals surface area contributed by atoms with Gasteiger partial charge in [0.25, 0.3) is 11.8 Å². The van der Waals surface area contributed by atoms with Crippen molar-refractivity contribution in [3.8, 4) is 16.9 Å². The number of carbonyl (C=O) groups is 2. The Bertz CT molecular complexity index is 1600. The topological polar surface area (TPSA) is 115 Å². The Balaban J connectivity index is 1.45. The number of nitrogens with zero attached hydrogens (tertiary/aromatic N) is 5. The second-order valence-corrected chi connectivity index (χ2v) is 8.40. The van der Waals surface area contributed by atoms with Crippen LogP contribution < -0.4 is 10.6 Å². The molecule has 0 atom stereocenters. The highest BCUT2D eigenvalue weighted by atomic mass is 35.5. The maximum absolute atomic E-state index is 14.7. The van der Waals surface area contributed by atoms with Crippen LogP contribution >= 0.6 is 11.6 Å². The van der Waals surface area contributed by atoms with Gasteiger partial charge < -0.3 is 10.6 Å². The monoisotopic (exact) mass is 527 g/mol. The number of benzene rings is 2. The zero-order valence-corrected chi connectivity index (χ0v) is 20.4. The number of hydrogen-bond acceptors (Lipinski definition) is 6. The molecule has 11 heteroatoms. The van der Waals surface area contributed by atoms with Gasteiger partial charge in [0.1, 0.15) is 17.5 Å². The van der Waals surface area contributed by atoms with Gasteiger partial charge in [-0.1, -0.05) is 35.9 Å². The lowest BCUT2D eigenvalue weighted by molar-refractivity contribution is 0.0943. The first-order valence-electron chi connectivity index (χ1n) is 11.4. The van der Waals surface area contributed by atoms with Gasteiger partial charge in [0, 0.05) is 30.2 Å². The molecule has 0 saturated carbocycles. The van der Waals surface area contributed by atoms with Crippen LogP contribution in [0.15, 0.2) is 91.4 Å². The first kappa shape index (κ1) is 24.7. The number of para-hydroxylation sites is 1. The summed E-state index contributed by atoms with van der Waals surface area (Å²) in [4.78, 5) is 38.5. The van der Waals surface area contributed by atoms with Gasteiger partial charge in [0.2, 0.25) is 0 Å². The van der Waals surface area contributed by atoms with E-state index in [2.05, 4.69) is 30.7 Å². The van der Waals surface area contributed by atoms with E-state index in [1.54, 1.807) is 60.9 Å². The van der Waals surface area contributed by atoms with Crippen molar-refractivity contribution in [3.63, 3.8) is 0 Å². The second-order valence-electron chi connectivity index (χ2n) is 7.99. The highest BCUT2D eigenvalue weighted by molar-refractivity contribution is 6.34. The fourth-order valence-electron chi connectivity index (χ4n) is 3.64. The Labute approximate surface area is 221 Å². The van der Waals surface area contributed by atoms with Gasteiger partial charge in [-0.3, -0.25) is 14.6 Å². The largest absolute Gasteiger partial charge is 0.343 e. The van der Waals surface area contributed by atoms with E-state index in [0.29, 0.717) is 17.2 Å². The van der Waals surface area contributed by atoms with E-state index in [-0.39, 0.29) is 34.2 Å². The molecule has 0 unspecified atom stereocenters. The molecule has 0 spiro atoms. The van der Waals surface area contributed by atoms with E-state index in [0.717, 1.165) is 6.07 Å². The highest BCUT2D eigenvalue weighted by Gasteiger charge is 2.21. The van der Waals surface area contributed by atoms with Crippen LogP contribution in [0.5, 0.6) is 0 Å². The second kappa shape index (κ2) is 11.0. The summed E-state index contributed by atoms with van der Waals surface area (Å²) in [5, 5.41) is 9.76. The molecule has 0 radical (unpaired) electrons. The predicted molar refractivity (Wildman–Crippen MR) is 139 cm³/mol. The van der Waals surface area contributed by atoms with Crippen LogP contribution in [0.2, 0.25) is 5.02 Å². The third-order valence-electron chi connectivity index (χ3n) is 5.45. The Morgan fingerprint density at radius 1 is 0.868 bits per heavy atom. The minimum Gasteiger partial charge on any atom is -0.343 e. The summed E-state index contributed by atoms with van der Waals surface area (Å²) in [5.41, 5.74) is 1.17. The summed E-state index contributed by atoms with van der Waals surface area (Å²) >= 11 is 6.24. The van der Waals surface area contributed by atoms with Crippen LogP contribution in [-0.2, 0) is 6.54 Å². The summed E-state index contributed by atoms with van der Waals surface area (Å²) in [6.45, 7) is 0.0983. The Hall–Kier alpha value is -4.96. The smallest absolute Gasteiger partial charge is 0.272 e. The molecule has 0 aliphatic carbocycles. The minimum atomic E-state index is -0.617. The summed E-state index contributed by atoms with van der Waals surface area (Å²) in [6, 6.07) is 19.5. The van der Waals surface area contributed by atoms with Crippen molar-refractivity contribution in [2.45, 2.75) is 6.54 Å². The zero-order valence-electron chi connectivity index (χ0n) is 19.7. The van der Waals surface area contributed by atoms with Gasteiger partial charge in [-0.2, -0.15) is 5.10 Å². The summed E-state index contributed by atoms with van der Waals surface area (Å²) in [5.74, 6) is -1.07. The SMILES string of the molecule is O=C(NCc1ncccn1)c1cc(NC(=O)c2cc(-c3ccccn3)c(F)cc2Cl)n(-c2ccccc2)n1. The molecule has 3 aromatic heterocycles. The Morgan fingerprint density at radius 2 is 1.61 bits per heavy atom. The lowest BCUT2D eigenvalue weighted by atomic mass is 10.1. The molecule has 2 aromatic carbocycles. The normalized spacial score (nSPS) is 10.7. The molecule has 0 aliphatic rings.